The predicted octanol–water partition coefficient (Wildman–Crippen LogP) is -2.13. The Bertz CT molecular complexity index is 146. The van der Waals surface area contributed by atoms with E-state index in [9.17, 15) is 9.59 Å². The predicted molar refractivity (Wildman–Crippen MR) is 46.2 cm³/mol. The van der Waals surface area contributed by atoms with Crippen LogP contribution in [0.3, 0.4) is 0 Å². The first-order valence-corrected chi connectivity index (χ1v) is 2.61. The Kier molecular flexibility index (Phi) is 37.1. The van der Waals surface area contributed by atoms with Gasteiger partial charge in [0.15, 0.2) is 0 Å². The average Bonchev–Trinajstić information content (AvgIpc) is 1.63. The molecule has 0 amide bonds. The van der Waals surface area contributed by atoms with E-state index in [-0.39, 0.29) is 87.0 Å². The molecule has 0 aromatic rings. The topological polar surface area (TPSA) is 106 Å². The van der Waals surface area contributed by atoms with Crippen LogP contribution in [0.1, 0.15) is 6.42 Å². The van der Waals surface area contributed by atoms with Gasteiger partial charge in [0.05, 0.1) is 0 Å². The van der Waals surface area contributed by atoms with Gasteiger partial charge >= 0.3 is 28.3 Å². The Morgan fingerprint density at radius 2 is 1.54 bits per heavy atom. The molecular formula is C4H7AuNa2O5S. The summed E-state index contributed by atoms with van der Waals surface area (Å²) in [5, 5.41) is 14.9. The van der Waals surface area contributed by atoms with Gasteiger partial charge in [-0.1, -0.05) is 5.25 Å². The molecule has 0 fully saturated rings. The second-order valence-corrected chi connectivity index (χ2v) is 1.99. The molecule has 9 heteroatoms. The van der Waals surface area contributed by atoms with E-state index in [2.05, 4.69) is 12.6 Å². The Balaban J connectivity index is -0.0000000533. The fraction of sp³-hybridized carbons (Fsp3) is 0.500. The number of carboxylic acid groups (broad SMARTS) is 2. The van der Waals surface area contributed by atoms with Crippen LogP contribution in [0, 0.1) is 0 Å². The van der Waals surface area contributed by atoms with Gasteiger partial charge in [0.2, 0.25) is 0 Å². The van der Waals surface area contributed by atoms with Crippen LogP contribution in [0.2, 0.25) is 0 Å². The summed E-state index contributed by atoms with van der Waals surface area (Å²) in [6.45, 7) is 0. The van der Waals surface area contributed by atoms with Crippen molar-refractivity contribution in [2.75, 3.05) is 0 Å². The number of aliphatic carboxylic acids is 2. The molecule has 2 radical (unpaired) electrons. The van der Waals surface area contributed by atoms with Gasteiger partial charge in [0.1, 0.15) is 0 Å². The SMILES string of the molecule is O.O=C(O)CC([S-])C(=O)O.[Au+].[Na].[Na]. The first-order valence-electron chi connectivity index (χ1n) is 2.14. The van der Waals surface area contributed by atoms with Crippen LogP contribution in [-0.4, -0.2) is 92.0 Å². The third-order valence-corrected chi connectivity index (χ3v) is 1.00. The van der Waals surface area contributed by atoms with Crippen LogP contribution < -0.4 is 0 Å². The van der Waals surface area contributed by atoms with E-state index >= 15 is 0 Å². The van der Waals surface area contributed by atoms with Gasteiger partial charge in [-0.05, 0) is 0 Å². The summed E-state index contributed by atoms with van der Waals surface area (Å²) in [7, 11) is 0. The van der Waals surface area contributed by atoms with Gasteiger partial charge in [0, 0.05) is 65.5 Å². The largest absolute Gasteiger partial charge is 1.00 e. The first-order chi connectivity index (χ1) is 4.04. The minimum Gasteiger partial charge on any atom is -0.778 e. The van der Waals surface area contributed by atoms with Crippen LogP contribution in [0.25, 0.3) is 0 Å². The van der Waals surface area contributed by atoms with Crippen molar-refractivity contribution in [2.24, 2.45) is 0 Å². The third-order valence-electron chi connectivity index (χ3n) is 0.635. The van der Waals surface area contributed by atoms with Gasteiger partial charge in [-0.25, -0.2) is 0 Å². The minimum atomic E-state index is -1.26. The van der Waals surface area contributed by atoms with Crippen LogP contribution in [0.5, 0.6) is 0 Å². The fourth-order valence-electron chi connectivity index (χ4n) is 0.246. The summed E-state index contributed by atoms with van der Waals surface area (Å²) >= 11 is 4.26. The summed E-state index contributed by atoms with van der Waals surface area (Å²) in [5.41, 5.74) is 0. The Hall–Kier alpha value is 1.99. The molecular weight excluding hydrogens is 403 g/mol. The van der Waals surface area contributed by atoms with Crippen molar-refractivity contribution in [2.45, 2.75) is 11.7 Å². The van der Waals surface area contributed by atoms with Crippen molar-refractivity contribution in [1.82, 2.24) is 0 Å². The molecule has 0 heterocycles. The zero-order valence-electron chi connectivity index (χ0n) is 7.21. The van der Waals surface area contributed by atoms with Crippen molar-refractivity contribution in [3.63, 3.8) is 0 Å². The number of hydrogen-bond donors (Lipinski definition) is 2. The number of carboxylic acids is 2. The van der Waals surface area contributed by atoms with Gasteiger partial charge in [-0.15, -0.1) is 0 Å². The molecule has 0 aliphatic rings. The van der Waals surface area contributed by atoms with Gasteiger partial charge in [0.25, 0.3) is 5.97 Å². The summed E-state index contributed by atoms with van der Waals surface area (Å²) in [4.78, 5) is 19.7. The van der Waals surface area contributed by atoms with E-state index in [1.165, 1.54) is 0 Å². The quantitative estimate of drug-likeness (QED) is 0.409. The normalized spacial score (nSPS) is 8.69. The second-order valence-electron chi connectivity index (χ2n) is 1.42. The minimum absolute atomic E-state index is 0. The van der Waals surface area contributed by atoms with Gasteiger partial charge in [-0.3, -0.25) is 9.59 Å². The number of carbonyl (C=O) groups is 2. The standard InChI is InChI=1S/C4H6O4S.Au.2Na.H2O/c5-3(6)1-2(9)4(7)8;;;;/h2,9H,1H2,(H,5,6)(H,7,8);;;;1H2/q;+1;;;/p-1. The molecule has 0 spiro atoms. The smallest absolute Gasteiger partial charge is 0.778 e. The van der Waals surface area contributed by atoms with E-state index in [0.29, 0.717) is 0 Å². The maximum Gasteiger partial charge on any atom is 1.00 e. The summed E-state index contributed by atoms with van der Waals surface area (Å²) in [6.07, 6.45) is -0.495. The molecule has 5 nitrogen and oxygen atoms in total. The molecule has 0 saturated heterocycles. The van der Waals surface area contributed by atoms with Crippen LogP contribution in [0.15, 0.2) is 0 Å². The van der Waals surface area contributed by atoms with Crippen LogP contribution in [0.4, 0.5) is 0 Å². The first kappa shape index (κ1) is 29.4. The zero-order valence-corrected chi connectivity index (χ0v) is 14.2. The molecule has 0 saturated carbocycles. The second kappa shape index (κ2) is 16.4. The maximum absolute atomic E-state index is 9.87. The van der Waals surface area contributed by atoms with E-state index < -0.39 is 23.6 Å². The number of rotatable bonds is 3. The molecule has 1 atom stereocenters. The van der Waals surface area contributed by atoms with Crippen molar-refractivity contribution < 1.29 is 47.7 Å². The van der Waals surface area contributed by atoms with Crippen molar-refractivity contribution in [3.8, 4) is 0 Å². The van der Waals surface area contributed by atoms with Crippen LogP contribution in [-0.2, 0) is 44.6 Å². The zero-order chi connectivity index (χ0) is 7.44. The van der Waals surface area contributed by atoms with Gasteiger partial charge < -0.3 is 28.3 Å². The van der Waals surface area contributed by atoms with E-state index in [1.807, 2.05) is 0 Å². The van der Waals surface area contributed by atoms with Gasteiger partial charge in [-0.2, -0.15) is 0 Å². The van der Waals surface area contributed by atoms with E-state index in [0.717, 1.165) is 0 Å². The molecule has 4 N–H and O–H groups in total. The van der Waals surface area contributed by atoms with Crippen LogP contribution >= 0.6 is 0 Å². The molecule has 13 heavy (non-hydrogen) atoms. The molecule has 0 aliphatic heterocycles. The molecule has 0 aromatic heterocycles. The molecule has 72 valence electrons. The summed E-state index contributed by atoms with van der Waals surface area (Å²) in [6, 6.07) is 0. The Labute approximate surface area is 141 Å². The molecule has 0 rings (SSSR count). The average molecular weight is 410 g/mol. The van der Waals surface area contributed by atoms with Crippen molar-refractivity contribution in [1.29, 1.82) is 0 Å². The van der Waals surface area contributed by atoms with Crippen molar-refractivity contribution >= 4 is 83.7 Å². The molecule has 0 aliphatic carbocycles. The molecule has 1 unspecified atom stereocenters. The Morgan fingerprint density at radius 1 is 1.23 bits per heavy atom. The third kappa shape index (κ3) is 20.2. The summed E-state index contributed by atoms with van der Waals surface area (Å²) in [5.74, 6) is -2.44. The summed E-state index contributed by atoms with van der Waals surface area (Å²) < 4.78 is 0. The Morgan fingerprint density at radius 3 is 1.62 bits per heavy atom. The van der Waals surface area contributed by atoms with Crippen molar-refractivity contribution in [3.05, 3.63) is 0 Å². The molecule has 0 aromatic carbocycles. The van der Waals surface area contributed by atoms with E-state index in [1.54, 1.807) is 0 Å². The fourth-order valence-corrected chi connectivity index (χ4v) is 0.388. The monoisotopic (exact) mass is 410 g/mol. The van der Waals surface area contributed by atoms with E-state index in [4.69, 9.17) is 10.2 Å². The molecule has 0 bridgehead atoms. The number of hydrogen-bond acceptors (Lipinski definition) is 3. The maximum atomic E-state index is 9.87.